The predicted octanol–water partition coefficient (Wildman–Crippen LogP) is 4.49. The molecule has 0 aliphatic rings. The van der Waals surface area contributed by atoms with Gasteiger partial charge < -0.3 is 0 Å². The highest BCUT2D eigenvalue weighted by atomic mass is 79.9. The van der Waals surface area contributed by atoms with Crippen molar-refractivity contribution in [3.05, 3.63) is 35.4 Å². The van der Waals surface area contributed by atoms with Crippen molar-refractivity contribution in [2.24, 2.45) is 0 Å². The van der Waals surface area contributed by atoms with Gasteiger partial charge in [-0.2, -0.15) is 0 Å². The Morgan fingerprint density at radius 1 is 1.15 bits per heavy atom. The van der Waals surface area contributed by atoms with Gasteiger partial charge in [-0.3, -0.25) is 0 Å². The molecule has 1 aromatic carbocycles. The van der Waals surface area contributed by atoms with Gasteiger partial charge in [0.05, 0.1) is 0 Å². The normalized spacial score (nSPS) is 12.8. The van der Waals surface area contributed by atoms with Crippen LogP contribution in [0.4, 0.5) is 0 Å². The fraction of sp³-hybridized carbons (Fsp3) is 0.500. The van der Waals surface area contributed by atoms with Gasteiger partial charge in [-0.15, -0.1) is 0 Å². The van der Waals surface area contributed by atoms with Crippen LogP contribution in [0.2, 0.25) is 0 Å². The van der Waals surface area contributed by atoms with Crippen molar-refractivity contribution < 1.29 is 0 Å². The zero-order valence-electron chi connectivity index (χ0n) is 8.39. The van der Waals surface area contributed by atoms with Crippen LogP contribution in [0.15, 0.2) is 24.3 Å². The number of alkyl halides is 1. The fourth-order valence-corrected chi connectivity index (χ4v) is 2.15. The van der Waals surface area contributed by atoms with Crippen molar-refractivity contribution in [1.29, 1.82) is 0 Å². The number of halogens is 1. The lowest BCUT2D eigenvalue weighted by molar-refractivity contribution is 0.788. The molecule has 0 saturated carbocycles. The van der Waals surface area contributed by atoms with Crippen molar-refractivity contribution in [1.82, 2.24) is 0 Å². The van der Waals surface area contributed by atoms with Crippen LogP contribution < -0.4 is 0 Å². The molecule has 0 heterocycles. The van der Waals surface area contributed by atoms with Gasteiger partial charge in [0.2, 0.25) is 0 Å². The molecular formula is C12H17Br. The first kappa shape index (κ1) is 10.8. The van der Waals surface area contributed by atoms with Crippen LogP contribution >= 0.6 is 15.9 Å². The maximum atomic E-state index is 3.69. The summed E-state index contributed by atoms with van der Waals surface area (Å²) in [4.78, 5) is 0.531. The summed E-state index contributed by atoms with van der Waals surface area (Å²) in [5.74, 6) is 0. The number of aryl methyl sites for hydroxylation is 1. The Balaban J connectivity index is 2.67. The number of rotatable bonds is 4. The lowest BCUT2D eigenvalue weighted by Crippen LogP contribution is -1.89. The third-order valence-electron chi connectivity index (χ3n) is 2.29. The summed E-state index contributed by atoms with van der Waals surface area (Å²) in [6.07, 6.45) is 3.57. The molecular weight excluding hydrogens is 224 g/mol. The lowest BCUT2D eigenvalue weighted by Gasteiger charge is -2.08. The standard InChI is InChI=1S/C12H17Br/c1-3-5-12(13)11-8-6-10(4-2)7-9-11/h6-9,12H,3-5H2,1-2H3. The number of hydrogen-bond donors (Lipinski definition) is 0. The van der Waals surface area contributed by atoms with Crippen LogP contribution in [0.5, 0.6) is 0 Å². The van der Waals surface area contributed by atoms with Crippen LogP contribution in [0.25, 0.3) is 0 Å². The molecule has 0 spiro atoms. The van der Waals surface area contributed by atoms with Crippen molar-refractivity contribution in [3.8, 4) is 0 Å². The van der Waals surface area contributed by atoms with E-state index in [1.807, 2.05) is 0 Å². The SMILES string of the molecule is CCCC(Br)c1ccc(CC)cc1. The zero-order chi connectivity index (χ0) is 9.68. The van der Waals surface area contributed by atoms with E-state index in [2.05, 4.69) is 54.0 Å². The summed E-state index contributed by atoms with van der Waals surface area (Å²) >= 11 is 3.69. The Hall–Kier alpha value is -0.300. The quantitative estimate of drug-likeness (QED) is 0.681. The minimum atomic E-state index is 0.531. The van der Waals surface area contributed by atoms with E-state index in [9.17, 15) is 0 Å². The van der Waals surface area contributed by atoms with Crippen LogP contribution in [0.1, 0.15) is 42.6 Å². The highest BCUT2D eigenvalue weighted by Crippen LogP contribution is 2.27. The topological polar surface area (TPSA) is 0 Å². The monoisotopic (exact) mass is 240 g/mol. The van der Waals surface area contributed by atoms with Crippen molar-refractivity contribution in [3.63, 3.8) is 0 Å². The second kappa shape index (κ2) is 5.43. The van der Waals surface area contributed by atoms with E-state index in [1.165, 1.54) is 24.0 Å². The molecule has 1 unspecified atom stereocenters. The molecule has 0 aromatic heterocycles. The van der Waals surface area contributed by atoms with Crippen LogP contribution in [-0.2, 0) is 6.42 Å². The molecule has 1 aromatic rings. The molecule has 0 bridgehead atoms. The average molecular weight is 241 g/mol. The zero-order valence-corrected chi connectivity index (χ0v) is 9.97. The molecule has 0 fully saturated rings. The molecule has 1 heteroatoms. The molecule has 72 valence electrons. The second-order valence-corrected chi connectivity index (χ2v) is 4.46. The first-order valence-electron chi connectivity index (χ1n) is 5.00. The predicted molar refractivity (Wildman–Crippen MR) is 62.4 cm³/mol. The summed E-state index contributed by atoms with van der Waals surface area (Å²) in [5.41, 5.74) is 2.82. The molecule has 13 heavy (non-hydrogen) atoms. The van der Waals surface area contributed by atoms with E-state index in [0.717, 1.165) is 6.42 Å². The van der Waals surface area contributed by atoms with Crippen molar-refractivity contribution in [2.45, 2.75) is 37.9 Å². The summed E-state index contributed by atoms with van der Waals surface area (Å²) in [6, 6.07) is 8.90. The van der Waals surface area contributed by atoms with Gasteiger partial charge in [0.15, 0.2) is 0 Å². The molecule has 0 aliphatic heterocycles. The summed E-state index contributed by atoms with van der Waals surface area (Å²) < 4.78 is 0. The molecule has 1 atom stereocenters. The van der Waals surface area contributed by atoms with Gasteiger partial charge in [0.25, 0.3) is 0 Å². The summed E-state index contributed by atoms with van der Waals surface area (Å²) in [7, 11) is 0. The molecule has 0 radical (unpaired) electrons. The Bertz CT molecular complexity index is 238. The Morgan fingerprint density at radius 2 is 1.77 bits per heavy atom. The largest absolute Gasteiger partial charge is 0.0839 e. The second-order valence-electron chi connectivity index (χ2n) is 3.35. The first-order chi connectivity index (χ1) is 6.27. The average Bonchev–Trinajstić information content (AvgIpc) is 2.18. The number of benzene rings is 1. The molecule has 0 N–H and O–H groups in total. The third-order valence-corrected chi connectivity index (χ3v) is 3.28. The Morgan fingerprint density at radius 3 is 2.23 bits per heavy atom. The highest BCUT2D eigenvalue weighted by Gasteiger charge is 2.04. The van der Waals surface area contributed by atoms with Gasteiger partial charge in [-0.05, 0) is 24.0 Å². The Kier molecular flexibility index (Phi) is 4.51. The highest BCUT2D eigenvalue weighted by molar-refractivity contribution is 9.09. The van der Waals surface area contributed by atoms with Gasteiger partial charge in [0.1, 0.15) is 0 Å². The minimum absolute atomic E-state index is 0.531. The maximum absolute atomic E-state index is 3.69. The number of hydrogen-bond acceptors (Lipinski definition) is 0. The molecule has 0 aliphatic carbocycles. The van der Waals surface area contributed by atoms with Gasteiger partial charge in [0, 0.05) is 4.83 Å². The lowest BCUT2D eigenvalue weighted by atomic mass is 10.1. The smallest absolute Gasteiger partial charge is 0.0395 e. The van der Waals surface area contributed by atoms with Crippen LogP contribution in [0.3, 0.4) is 0 Å². The van der Waals surface area contributed by atoms with Crippen LogP contribution in [0, 0.1) is 0 Å². The molecule has 0 amide bonds. The van der Waals surface area contributed by atoms with E-state index >= 15 is 0 Å². The Labute approximate surface area is 89.5 Å². The van der Waals surface area contributed by atoms with E-state index in [0.29, 0.717) is 4.83 Å². The summed E-state index contributed by atoms with van der Waals surface area (Å²) in [6.45, 7) is 4.40. The van der Waals surface area contributed by atoms with Gasteiger partial charge in [-0.1, -0.05) is 60.5 Å². The van der Waals surface area contributed by atoms with Gasteiger partial charge in [-0.25, -0.2) is 0 Å². The molecule has 1 rings (SSSR count). The van der Waals surface area contributed by atoms with E-state index in [4.69, 9.17) is 0 Å². The third kappa shape index (κ3) is 3.15. The van der Waals surface area contributed by atoms with E-state index in [1.54, 1.807) is 0 Å². The van der Waals surface area contributed by atoms with E-state index < -0.39 is 0 Å². The fourth-order valence-electron chi connectivity index (χ4n) is 1.38. The van der Waals surface area contributed by atoms with Crippen molar-refractivity contribution >= 4 is 15.9 Å². The first-order valence-corrected chi connectivity index (χ1v) is 5.92. The van der Waals surface area contributed by atoms with Crippen molar-refractivity contribution in [2.75, 3.05) is 0 Å². The maximum Gasteiger partial charge on any atom is 0.0395 e. The van der Waals surface area contributed by atoms with Crippen LogP contribution in [-0.4, -0.2) is 0 Å². The van der Waals surface area contributed by atoms with E-state index in [-0.39, 0.29) is 0 Å². The van der Waals surface area contributed by atoms with Gasteiger partial charge >= 0.3 is 0 Å². The minimum Gasteiger partial charge on any atom is -0.0839 e. The molecule has 0 saturated heterocycles. The summed E-state index contributed by atoms with van der Waals surface area (Å²) in [5, 5.41) is 0. The molecule has 0 nitrogen and oxygen atoms in total.